The minimum absolute atomic E-state index is 0.0887. The number of benzene rings is 1. The molecule has 1 aromatic heterocycles. The molecule has 3 rings (SSSR count). The number of aryl methyl sites for hydroxylation is 1. The number of thiazole rings is 1. The van der Waals surface area contributed by atoms with Crippen molar-refractivity contribution in [1.29, 1.82) is 0 Å². The summed E-state index contributed by atoms with van der Waals surface area (Å²) >= 11 is 1.35. The lowest BCUT2D eigenvalue weighted by atomic mass is 10.1. The first-order valence-corrected chi connectivity index (χ1v) is 7.08. The summed E-state index contributed by atoms with van der Waals surface area (Å²) in [5, 5.41) is 12.6. The highest BCUT2D eigenvalue weighted by Gasteiger charge is 2.30. The van der Waals surface area contributed by atoms with Crippen molar-refractivity contribution in [2.75, 3.05) is 5.32 Å². The minimum atomic E-state index is -0.186. The molecular formula is C14H14N2O2S. The van der Waals surface area contributed by atoms with Crippen LogP contribution in [0, 0.1) is 6.92 Å². The number of hydrogen-bond donors (Lipinski definition) is 2. The molecule has 1 fully saturated rings. The Morgan fingerprint density at radius 3 is 2.95 bits per heavy atom. The summed E-state index contributed by atoms with van der Waals surface area (Å²) in [7, 11) is 0. The second-order valence-corrected chi connectivity index (χ2v) is 5.62. The number of phenols is 1. The van der Waals surface area contributed by atoms with Gasteiger partial charge in [0.25, 0.3) is 5.91 Å². The largest absolute Gasteiger partial charge is 0.506 e. The lowest BCUT2D eigenvalue weighted by molar-refractivity contribution is 0.102. The smallest absolute Gasteiger partial charge is 0.267 e. The summed E-state index contributed by atoms with van der Waals surface area (Å²) in [5.74, 6) is 0.345. The van der Waals surface area contributed by atoms with Crippen LogP contribution >= 0.6 is 11.3 Å². The average molecular weight is 274 g/mol. The summed E-state index contributed by atoms with van der Waals surface area (Å²) in [6, 6.07) is 5.17. The third kappa shape index (κ3) is 2.33. The van der Waals surface area contributed by atoms with Crippen LogP contribution in [0.4, 0.5) is 5.69 Å². The van der Waals surface area contributed by atoms with E-state index in [1.165, 1.54) is 11.3 Å². The number of nitrogens with one attached hydrogen (secondary N) is 1. The zero-order valence-corrected chi connectivity index (χ0v) is 11.3. The second kappa shape index (κ2) is 4.66. The molecule has 98 valence electrons. The number of hydrogen-bond acceptors (Lipinski definition) is 4. The van der Waals surface area contributed by atoms with Gasteiger partial charge in [-0.3, -0.25) is 4.79 Å². The zero-order chi connectivity index (χ0) is 13.4. The quantitative estimate of drug-likeness (QED) is 0.844. The third-order valence-electron chi connectivity index (χ3n) is 3.25. The van der Waals surface area contributed by atoms with Gasteiger partial charge in [0, 0.05) is 5.92 Å². The monoisotopic (exact) mass is 274 g/mol. The van der Waals surface area contributed by atoms with Gasteiger partial charge < -0.3 is 10.4 Å². The number of anilines is 1. The van der Waals surface area contributed by atoms with Crippen molar-refractivity contribution in [3.05, 3.63) is 39.8 Å². The van der Waals surface area contributed by atoms with Crippen LogP contribution in [0.15, 0.2) is 23.7 Å². The molecule has 1 aromatic carbocycles. The fraction of sp³-hybridized carbons (Fsp3) is 0.286. The Labute approximate surface area is 115 Å². The summed E-state index contributed by atoms with van der Waals surface area (Å²) in [5.41, 5.74) is 3.92. The number of rotatable bonds is 3. The molecule has 4 nitrogen and oxygen atoms in total. The van der Waals surface area contributed by atoms with Gasteiger partial charge in [0.1, 0.15) is 10.6 Å². The molecule has 2 aromatic rings. The minimum Gasteiger partial charge on any atom is -0.506 e. The average Bonchev–Trinajstić information content (AvgIpc) is 3.11. The summed E-state index contributed by atoms with van der Waals surface area (Å²) in [6.07, 6.45) is 2.22. The summed E-state index contributed by atoms with van der Waals surface area (Å²) in [6.45, 7) is 1.85. The molecule has 1 aliphatic rings. The number of aromatic nitrogens is 1. The van der Waals surface area contributed by atoms with Crippen molar-refractivity contribution < 1.29 is 9.90 Å². The number of amides is 1. The molecule has 0 spiro atoms. The number of carbonyl (C=O) groups excluding carboxylic acids is 1. The molecule has 0 aliphatic heterocycles. The molecule has 0 atom stereocenters. The first-order chi connectivity index (χ1) is 9.16. The Balaban J connectivity index is 1.87. The molecule has 5 heteroatoms. The van der Waals surface area contributed by atoms with Crippen LogP contribution in [-0.2, 0) is 0 Å². The van der Waals surface area contributed by atoms with E-state index in [-0.39, 0.29) is 11.7 Å². The molecule has 0 radical (unpaired) electrons. The number of phenolic OH excluding ortho intramolecular Hbond substituents is 1. The van der Waals surface area contributed by atoms with E-state index in [9.17, 15) is 9.90 Å². The van der Waals surface area contributed by atoms with E-state index in [4.69, 9.17) is 0 Å². The van der Waals surface area contributed by atoms with Gasteiger partial charge in [0.2, 0.25) is 0 Å². The third-order valence-corrected chi connectivity index (χ3v) is 4.10. The first-order valence-electron chi connectivity index (χ1n) is 6.20. The van der Waals surface area contributed by atoms with Crippen LogP contribution in [0.2, 0.25) is 0 Å². The van der Waals surface area contributed by atoms with Crippen LogP contribution in [0.5, 0.6) is 5.75 Å². The Morgan fingerprint density at radius 2 is 2.26 bits per heavy atom. The van der Waals surface area contributed by atoms with Crippen molar-refractivity contribution in [2.24, 2.45) is 0 Å². The maximum absolute atomic E-state index is 12.3. The van der Waals surface area contributed by atoms with Crippen LogP contribution in [-0.4, -0.2) is 16.0 Å². The number of nitrogens with zero attached hydrogens (tertiary/aromatic N) is 1. The standard InChI is InChI=1S/C14H14N2O2S/c1-8-3-2-4-10(17)11(8)16-14(18)13-12(9-5-6-9)15-7-19-13/h2-4,7,9,17H,5-6H2,1H3,(H,16,18). The van der Waals surface area contributed by atoms with Crippen molar-refractivity contribution in [1.82, 2.24) is 4.98 Å². The molecule has 0 saturated heterocycles. The van der Waals surface area contributed by atoms with Crippen molar-refractivity contribution in [2.45, 2.75) is 25.7 Å². The Kier molecular flexibility index (Phi) is 2.98. The molecule has 1 saturated carbocycles. The molecule has 2 N–H and O–H groups in total. The van der Waals surface area contributed by atoms with E-state index in [0.29, 0.717) is 16.5 Å². The van der Waals surface area contributed by atoms with Gasteiger partial charge in [-0.2, -0.15) is 0 Å². The van der Waals surface area contributed by atoms with Crippen LogP contribution in [0.3, 0.4) is 0 Å². The highest BCUT2D eigenvalue weighted by molar-refractivity contribution is 7.12. The van der Waals surface area contributed by atoms with Crippen molar-refractivity contribution >= 4 is 22.9 Å². The Bertz CT molecular complexity index is 612. The predicted molar refractivity (Wildman–Crippen MR) is 74.9 cm³/mol. The molecule has 1 amide bonds. The normalized spacial score (nSPS) is 14.4. The lowest BCUT2D eigenvalue weighted by Gasteiger charge is -2.09. The maximum atomic E-state index is 12.3. The molecule has 0 unspecified atom stereocenters. The first kappa shape index (κ1) is 12.2. The van der Waals surface area contributed by atoms with E-state index >= 15 is 0 Å². The zero-order valence-electron chi connectivity index (χ0n) is 10.5. The molecular weight excluding hydrogens is 260 g/mol. The van der Waals surface area contributed by atoms with Crippen LogP contribution in [0.1, 0.15) is 39.7 Å². The van der Waals surface area contributed by atoms with Crippen LogP contribution < -0.4 is 5.32 Å². The van der Waals surface area contributed by atoms with Gasteiger partial charge in [0.05, 0.1) is 16.9 Å². The Hall–Kier alpha value is -1.88. The maximum Gasteiger partial charge on any atom is 0.267 e. The Morgan fingerprint density at radius 1 is 1.47 bits per heavy atom. The molecule has 1 heterocycles. The van der Waals surface area contributed by atoms with Gasteiger partial charge >= 0.3 is 0 Å². The van der Waals surface area contributed by atoms with Gasteiger partial charge in [-0.05, 0) is 31.4 Å². The van der Waals surface area contributed by atoms with E-state index in [1.54, 1.807) is 17.6 Å². The highest BCUT2D eigenvalue weighted by atomic mass is 32.1. The van der Waals surface area contributed by atoms with Crippen LogP contribution in [0.25, 0.3) is 0 Å². The van der Waals surface area contributed by atoms with E-state index in [2.05, 4.69) is 10.3 Å². The highest BCUT2D eigenvalue weighted by Crippen LogP contribution is 2.42. The summed E-state index contributed by atoms with van der Waals surface area (Å²) < 4.78 is 0. The van der Waals surface area contributed by atoms with Crippen molar-refractivity contribution in [3.8, 4) is 5.75 Å². The summed E-state index contributed by atoms with van der Waals surface area (Å²) in [4.78, 5) is 17.2. The number of aromatic hydroxyl groups is 1. The van der Waals surface area contributed by atoms with Gasteiger partial charge in [-0.25, -0.2) is 4.98 Å². The van der Waals surface area contributed by atoms with Crippen molar-refractivity contribution in [3.63, 3.8) is 0 Å². The van der Waals surface area contributed by atoms with Gasteiger partial charge in [-0.15, -0.1) is 11.3 Å². The SMILES string of the molecule is Cc1cccc(O)c1NC(=O)c1scnc1C1CC1. The number of para-hydroxylation sites is 1. The topological polar surface area (TPSA) is 62.2 Å². The fourth-order valence-electron chi connectivity index (χ4n) is 2.06. The van der Waals surface area contributed by atoms with Gasteiger partial charge in [0.15, 0.2) is 0 Å². The predicted octanol–water partition coefficient (Wildman–Crippen LogP) is 3.29. The number of carbonyl (C=O) groups is 1. The molecule has 1 aliphatic carbocycles. The van der Waals surface area contributed by atoms with E-state index in [0.717, 1.165) is 24.1 Å². The fourth-order valence-corrected chi connectivity index (χ4v) is 2.83. The second-order valence-electron chi connectivity index (χ2n) is 4.76. The lowest BCUT2D eigenvalue weighted by Crippen LogP contribution is -2.13. The van der Waals surface area contributed by atoms with E-state index in [1.807, 2.05) is 13.0 Å². The van der Waals surface area contributed by atoms with Gasteiger partial charge in [-0.1, -0.05) is 12.1 Å². The molecule has 0 bridgehead atoms. The van der Waals surface area contributed by atoms with E-state index < -0.39 is 0 Å². The molecule has 19 heavy (non-hydrogen) atoms.